The summed E-state index contributed by atoms with van der Waals surface area (Å²) in [5.74, 6) is -0.716. The summed E-state index contributed by atoms with van der Waals surface area (Å²) in [6.07, 6.45) is 4.11. The van der Waals surface area contributed by atoms with Crippen LogP contribution in [-0.2, 0) is 11.8 Å². The van der Waals surface area contributed by atoms with E-state index in [0.29, 0.717) is 22.8 Å². The first-order valence-corrected chi connectivity index (χ1v) is 11.3. The molecule has 3 aromatic rings. The number of rotatable bonds is 10. The molecule has 0 radical (unpaired) electrons. The Bertz CT molecular complexity index is 1060. The summed E-state index contributed by atoms with van der Waals surface area (Å²) in [4.78, 5) is 17.3. The fourth-order valence-electron chi connectivity index (χ4n) is 3.71. The van der Waals surface area contributed by atoms with Gasteiger partial charge in [-0.1, -0.05) is 30.4 Å². The molecular weight excluding hydrogens is 431 g/mol. The van der Waals surface area contributed by atoms with Crippen LogP contribution >= 0.6 is 11.3 Å². The van der Waals surface area contributed by atoms with Crippen LogP contribution in [0.25, 0.3) is 10.6 Å². The molecule has 3 rings (SSSR count). The molecule has 0 saturated carbocycles. The number of thiazole rings is 1. The number of aryl methyl sites for hydroxylation is 1. The fraction of sp³-hybridized carbons (Fsp3) is 0.409. The Morgan fingerprint density at radius 2 is 2.09 bits per heavy atom. The fourth-order valence-corrected chi connectivity index (χ4v) is 4.56. The van der Waals surface area contributed by atoms with Crippen molar-refractivity contribution in [2.75, 3.05) is 24.7 Å². The Hall–Kier alpha value is -2.82. The van der Waals surface area contributed by atoms with Crippen LogP contribution in [0.15, 0.2) is 30.5 Å². The van der Waals surface area contributed by atoms with Crippen molar-refractivity contribution in [3.05, 3.63) is 47.7 Å². The highest BCUT2D eigenvalue weighted by molar-refractivity contribution is 7.19. The van der Waals surface area contributed by atoms with Gasteiger partial charge >= 0.3 is 0 Å². The van der Waals surface area contributed by atoms with E-state index in [1.54, 1.807) is 36.2 Å². The number of carbonyl (C=O) groups excluding carboxylic acids is 1. The van der Waals surface area contributed by atoms with Gasteiger partial charge in [0, 0.05) is 32.2 Å². The molecule has 172 valence electrons. The molecule has 8 nitrogen and oxygen atoms in total. The molecule has 1 amide bonds. The molecule has 2 unspecified atom stereocenters. The maximum absolute atomic E-state index is 14.1. The van der Waals surface area contributed by atoms with E-state index in [4.69, 9.17) is 16.2 Å². The van der Waals surface area contributed by atoms with E-state index in [1.807, 2.05) is 7.05 Å². The SMILES string of the molecule is CCC(CCC(CN)OC)c1c(NC(=O)c2nc(-c3ccccc3F)sc2N)cnn1C. The number of hydrogen-bond acceptors (Lipinski definition) is 7. The molecule has 0 spiro atoms. The summed E-state index contributed by atoms with van der Waals surface area (Å²) < 4.78 is 21.3. The van der Waals surface area contributed by atoms with E-state index >= 15 is 0 Å². The smallest absolute Gasteiger partial charge is 0.277 e. The van der Waals surface area contributed by atoms with Crippen molar-refractivity contribution in [1.29, 1.82) is 0 Å². The number of anilines is 2. The minimum absolute atomic E-state index is 0.0121. The Morgan fingerprint density at radius 1 is 1.34 bits per heavy atom. The topological polar surface area (TPSA) is 121 Å². The van der Waals surface area contributed by atoms with Gasteiger partial charge in [-0.25, -0.2) is 9.37 Å². The minimum atomic E-state index is -0.456. The van der Waals surface area contributed by atoms with Crippen LogP contribution in [0.4, 0.5) is 15.1 Å². The summed E-state index contributed by atoms with van der Waals surface area (Å²) >= 11 is 1.08. The standard InChI is InChI=1S/C22H29FN6O2S/c1-4-13(9-10-14(11-24)31-3)19-17(12-26-29(19)2)27-21(30)18-20(25)32-22(28-18)15-7-5-6-8-16(15)23/h5-8,12-14H,4,9-11,24-25H2,1-3H3,(H,27,30). The molecule has 10 heteroatoms. The minimum Gasteiger partial charge on any atom is -0.389 e. The van der Waals surface area contributed by atoms with Crippen molar-refractivity contribution in [2.45, 2.75) is 38.2 Å². The highest BCUT2D eigenvalue weighted by Crippen LogP contribution is 2.34. The van der Waals surface area contributed by atoms with Gasteiger partial charge in [0.15, 0.2) is 5.69 Å². The molecule has 2 atom stereocenters. The summed E-state index contributed by atoms with van der Waals surface area (Å²) in [5, 5.41) is 7.81. The average molecular weight is 461 g/mol. The van der Waals surface area contributed by atoms with E-state index in [-0.39, 0.29) is 22.7 Å². The lowest BCUT2D eigenvalue weighted by Crippen LogP contribution is -2.23. The average Bonchev–Trinajstić information content (AvgIpc) is 3.34. The molecule has 2 heterocycles. The lowest BCUT2D eigenvalue weighted by atomic mass is 9.94. The second-order valence-corrected chi connectivity index (χ2v) is 8.54. The Balaban J connectivity index is 1.81. The van der Waals surface area contributed by atoms with Crippen molar-refractivity contribution in [1.82, 2.24) is 14.8 Å². The number of nitrogen functional groups attached to an aromatic ring is 1. The largest absolute Gasteiger partial charge is 0.389 e. The summed E-state index contributed by atoms with van der Waals surface area (Å²) in [6.45, 7) is 2.54. The number of benzene rings is 1. The van der Waals surface area contributed by atoms with Crippen LogP contribution in [0.3, 0.4) is 0 Å². The lowest BCUT2D eigenvalue weighted by molar-refractivity contribution is 0.0979. The Morgan fingerprint density at radius 3 is 2.75 bits per heavy atom. The number of aromatic nitrogens is 3. The van der Waals surface area contributed by atoms with Gasteiger partial charge in [0.25, 0.3) is 5.91 Å². The summed E-state index contributed by atoms with van der Waals surface area (Å²) in [6, 6.07) is 6.26. The van der Waals surface area contributed by atoms with E-state index in [1.165, 1.54) is 6.07 Å². The molecule has 0 aliphatic carbocycles. The second-order valence-electron chi connectivity index (χ2n) is 7.51. The highest BCUT2D eigenvalue weighted by atomic mass is 32.1. The van der Waals surface area contributed by atoms with Crippen molar-refractivity contribution in [3.8, 4) is 10.6 Å². The van der Waals surface area contributed by atoms with Crippen LogP contribution < -0.4 is 16.8 Å². The number of nitrogens with zero attached hydrogens (tertiary/aromatic N) is 3. The predicted molar refractivity (Wildman–Crippen MR) is 125 cm³/mol. The molecule has 0 aliphatic rings. The van der Waals surface area contributed by atoms with E-state index in [9.17, 15) is 9.18 Å². The number of methoxy groups -OCH3 is 1. The van der Waals surface area contributed by atoms with Gasteiger partial charge in [-0.05, 0) is 31.4 Å². The number of amides is 1. The van der Waals surface area contributed by atoms with Gasteiger partial charge in [-0.2, -0.15) is 5.10 Å². The van der Waals surface area contributed by atoms with Gasteiger partial charge in [0.2, 0.25) is 0 Å². The molecular formula is C22H29FN6O2S. The van der Waals surface area contributed by atoms with Gasteiger partial charge in [0.05, 0.1) is 23.7 Å². The van der Waals surface area contributed by atoms with Crippen LogP contribution in [0, 0.1) is 5.82 Å². The zero-order chi connectivity index (χ0) is 23.3. The third-order valence-corrected chi connectivity index (χ3v) is 6.44. The third kappa shape index (κ3) is 5.14. The van der Waals surface area contributed by atoms with Gasteiger partial charge in [-0.15, -0.1) is 0 Å². The second kappa shape index (κ2) is 10.7. The first-order chi connectivity index (χ1) is 15.4. The zero-order valence-corrected chi connectivity index (χ0v) is 19.3. The molecule has 0 bridgehead atoms. The number of halogens is 1. The molecule has 1 aromatic carbocycles. The van der Waals surface area contributed by atoms with E-state index in [2.05, 4.69) is 22.3 Å². The van der Waals surface area contributed by atoms with Crippen molar-refractivity contribution in [3.63, 3.8) is 0 Å². The van der Waals surface area contributed by atoms with Gasteiger partial charge < -0.3 is 21.5 Å². The summed E-state index contributed by atoms with van der Waals surface area (Å²) in [7, 11) is 3.50. The molecule has 2 aromatic heterocycles. The Labute approximate surface area is 190 Å². The maximum atomic E-state index is 14.1. The van der Waals surface area contributed by atoms with Crippen molar-refractivity contribution >= 4 is 27.9 Å². The quantitative estimate of drug-likeness (QED) is 0.424. The molecule has 0 aliphatic heterocycles. The van der Waals surface area contributed by atoms with E-state index < -0.39 is 11.7 Å². The van der Waals surface area contributed by atoms with Gasteiger partial charge in [-0.3, -0.25) is 9.48 Å². The lowest BCUT2D eigenvalue weighted by Gasteiger charge is -2.20. The third-order valence-electron chi connectivity index (χ3n) is 5.52. The number of nitrogens with two attached hydrogens (primary N) is 2. The van der Waals surface area contributed by atoms with E-state index in [0.717, 1.165) is 36.3 Å². The van der Waals surface area contributed by atoms with Gasteiger partial charge in [0.1, 0.15) is 15.8 Å². The highest BCUT2D eigenvalue weighted by Gasteiger charge is 2.24. The van der Waals surface area contributed by atoms with Crippen LogP contribution in [0.2, 0.25) is 0 Å². The van der Waals surface area contributed by atoms with Crippen LogP contribution in [-0.4, -0.2) is 40.4 Å². The monoisotopic (exact) mass is 460 g/mol. The number of hydrogen-bond donors (Lipinski definition) is 3. The molecule has 0 fully saturated rings. The molecule has 32 heavy (non-hydrogen) atoms. The zero-order valence-electron chi connectivity index (χ0n) is 18.5. The number of ether oxygens (including phenoxy) is 1. The number of carbonyl (C=O) groups is 1. The predicted octanol–water partition coefficient (Wildman–Crippen LogP) is 3.76. The number of nitrogens with one attached hydrogen (secondary N) is 1. The van der Waals surface area contributed by atoms with Crippen LogP contribution in [0.1, 0.15) is 48.3 Å². The maximum Gasteiger partial charge on any atom is 0.277 e. The molecule has 0 saturated heterocycles. The van der Waals surface area contributed by atoms with Crippen molar-refractivity contribution < 1.29 is 13.9 Å². The first-order valence-electron chi connectivity index (χ1n) is 10.5. The normalized spacial score (nSPS) is 13.2. The first kappa shape index (κ1) is 23.8. The van der Waals surface area contributed by atoms with Crippen LogP contribution in [0.5, 0.6) is 0 Å². The van der Waals surface area contributed by atoms with Crippen molar-refractivity contribution in [2.24, 2.45) is 12.8 Å². The summed E-state index contributed by atoms with van der Waals surface area (Å²) in [5.41, 5.74) is 13.7. The Kier molecular flexibility index (Phi) is 7.94. The molecule has 5 N–H and O–H groups in total.